The molecule has 1 aliphatic rings. The van der Waals surface area contributed by atoms with Crippen molar-refractivity contribution in [3.8, 4) is 0 Å². The summed E-state index contributed by atoms with van der Waals surface area (Å²) in [6.07, 6.45) is 1.19. The smallest absolute Gasteiger partial charge is 0.408 e. The van der Waals surface area contributed by atoms with E-state index in [1.807, 2.05) is 30.3 Å². The maximum atomic E-state index is 13.1. The lowest BCUT2D eigenvalue weighted by molar-refractivity contribution is -0.141. The summed E-state index contributed by atoms with van der Waals surface area (Å²) in [6.45, 7) is 4.53. The average molecular weight is 456 g/mol. The molecule has 1 aliphatic heterocycles. The normalized spacial score (nSPS) is 17.6. The van der Waals surface area contributed by atoms with Crippen LogP contribution in [-0.2, 0) is 38.7 Å². The van der Waals surface area contributed by atoms with Gasteiger partial charge in [0, 0.05) is 31.8 Å². The third kappa shape index (κ3) is 6.71. The molecule has 0 spiro atoms. The summed E-state index contributed by atoms with van der Waals surface area (Å²) >= 11 is 0. The van der Waals surface area contributed by atoms with Gasteiger partial charge < -0.3 is 15.4 Å². The number of amides is 2. The highest BCUT2D eigenvalue weighted by molar-refractivity contribution is 6.37. The summed E-state index contributed by atoms with van der Waals surface area (Å²) in [5, 5.41) is 9.36. The number of alkyl carbamates (subject to hydrolysis) is 1. The van der Waals surface area contributed by atoms with Crippen molar-refractivity contribution in [1.82, 2.24) is 25.4 Å². The third-order valence-electron chi connectivity index (χ3n) is 5.50. The number of aromatic nitrogens is 3. The fraction of sp³-hybridized carbons (Fsp3) is 0.478. The summed E-state index contributed by atoms with van der Waals surface area (Å²) in [5.74, 6) is -2.33. The third-order valence-corrected chi connectivity index (χ3v) is 5.50. The Kier molecular flexibility index (Phi) is 8.28. The summed E-state index contributed by atoms with van der Waals surface area (Å²) < 4.78 is 6.92. The molecule has 2 N–H and O–H groups in total. The van der Waals surface area contributed by atoms with Crippen molar-refractivity contribution in [2.75, 3.05) is 6.54 Å². The number of fused-ring (bicyclic) bond motifs is 1. The number of carbonyl (C=O) groups is 4. The Balaban J connectivity index is 1.67. The lowest BCUT2D eigenvalue weighted by atomic mass is 9.88. The van der Waals surface area contributed by atoms with Gasteiger partial charge in [-0.1, -0.05) is 44.2 Å². The zero-order valence-electron chi connectivity index (χ0n) is 18.8. The molecule has 10 nitrogen and oxygen atoms in total. The van der Waals surface area contributed by atoms with E-state index in [0.29, 0.717) is 25.3 Å². The number of Topliss-reactive ketones (excluding diaryl/α,β-unsaturated/α-hetero) is 2. The predicted octanol–water partition coefficient (Wildman–Crippen LogP) is 1.44. The van der Waals surface area contributed by atoms with E-state index >= 15 is 0 Å². The second-order valence-corrected chi connectivity index (χ2v) is 8.37. The van der Waals surface area contributed by atoms with Crippen LogP contribution in [0.25, 0.3) is 0 Å². The summed E-state index contributed by atoms with van der Waals surface area (Å²) in [5.41, 5.74) is 0.822. The van der Waals surface area contributed by atoms with E-state index in [-0.39, 0.29) is 31.1 Å². The molecule has 0 saturated heterocycles. The van der Waals surface area contributed by atoms with Crippen molar-refractivity contribution < 1.29 is 23.9 Å². The monoisotopic (exact) mass is 455 g/mol. The van der Waals surface area contributed by atoms with Gasteiger partial charge in [0.05, 0.1) is 6.04 Å². The first kappa shape index (κ1) is 24.1. The zero-order valence-corrected chi connectivity index (χ0v) is 18.8. The first-order valence-electron chi connectivity index (χ1n) is 11.0. The van der Waals surface area contributed by atoms with Gasteiger partial charge in [0.15, 0.2) is 5.78 Å². The van der Waals surface area contributed by atoms with Gasteiger partial charge in [0.1, 0.15) is 18.8 Å². The number of nitrogens with one attached hydrogen (secondary N) is 2. The molecule has 10 heteroatoms. The van der Waals surface area contributed by atoms with E-state index < -0.39 is 29.7 Å². The van der Waals surface area contributed by atoms with E-state index in [4.69, 9.17) is 4.74 Å². The molecule has 33 heavy (non-hydrogen) atoms. The average Bonchev–Trinajstić information content (AvgIpc) is 3.24. The van der Waals surface area contributed by atoms with Crippen LogP contribution in [0.4, 0.5) is 4.79 Å². The van der Waals surface area contributed by atoms with Crippen molar-refractivity contribution in [1.29, 1.82) is 0 Å². The Morgan fingerprint density at radius 2 is 2.00 bits per heavy atom. The van der Waals surface area contributed by atoms with Crippen LogP contribution in [0.2, 0.25) is 0 Å². The Labute approximate surface area is 192 Å². The fourth-order valence-electron chi connectivity index (χ4n) is 3.69. The number of aryl methyl sites for hydroxylation is 1. The van der Waals surface area contributed by atoms with E-state index in [9.17, 15) is 19.2 Å². The summed E-state index contributed by atoms with van der Waals surface area (Å²) in [7, 11) is 0. The number of ketones is 2. The molecule has 0 aliphatic carbocycles. The van der Waals surface area contributed by atoms with Crippen LogP contribution in [0.1, 0.15) is 38.1 Å². The number of rotatable bonds is 7. The maximum absolute atomic E-state index is 13.1. The van der Waals surface area contributed by atoms with Gasteiger partial charge in [-0.05, 0) is 17.9 Å². The molecule has 2 heterocycles. The molecule has 2 atom stereocenters. The molecule has 176 valence electrons. The first-order valence-corrected chi connectivity index (χ1v) is 11.0. The van der Waals surface area contributed by atoms with Gasteiger partial charge in [0.25, 0.3) is 5.91 Å². The number of ether oxygens (including phenoxy) is 1. The lowest BCUT2D eigenvalue weighted by Crippen LogP contribution is -2.46. The van der Waals surface area contributed by atoms with E-state index in [0.717, 1.165) is 5.56 Å². The molecule has 0 radical (unpaired) electrons. The van der Waals surface area contributed by atoms with Gasteiger partial charge in [-0.3, -0.25) is 19.1 Å². The minimum atomic E-state index is -0.901. The Bertz CT molecular complexity index is 988. The van der Waals surface area contributed by atoms with Crippen molar-refractivity contribution in [3.05, 3.63) is 48.0 Å². The molecule has 0 saturated carbocycles. The number of nitrogens with zero attached hydrogens (tertiary/aromatic N) is 3. The molecule has 1 aromatic heterocycles. The van der Waals surface area contributed by atoms with Crippen molar-refractivity contribution in [2.45, 2.75) is 52.3 Å². The highest BCUT2D eigenvalue weighted by Crippen LogP contribution is 2.18. The summed E-state index contributed by atoms with van der Waals surface area (Å²) in [4.78, 5) is 54.7. The zero-order chi connectivity index (χ0) is 23.8. The molecular weight excluding hydrogens is 426 g/mol. The van der Waals surface area contributed by atoms with Crippen LogP contribution in [0.3, 0.4) is 0 Å². The minimum absolute atomic E-state index is 0.0720. The van der Waals surface area contributed by atoms with Gasteiger partial charge >= 0.3 is 6.09 Å². The quantitative estimate of drug-likeness (QED) is 0.604. The summed E-state index contributed by atoms with van der Waals surface area (Å²) in [6, 6.07) is 8.33. The highest BCUT2D eigenvalue weighted by atomic mass is 16.5. The molecule has 2 amide bonds. The molecule has 0 fully saturated rings. The SMILES string of the molecule is CC(C)C(NC(=O)OCc1ccccc1)C(=O)CC1Cc2ncnn2CCCNC(=O)C1=O. The van der Waals surface area contributed by atoms with Crippen molar-refractivity contribution in [3.63, 3.8) is 0 Å². The van der Waals surface area contributed by atoms with Crippen LogP contribution in [0.15, 0.2) is 36.7 Å². The molecule has 2 unspecified atom stereocenters. The van der Waals surface area contributed by atoms with Crippen LogP contribution in [-0.4, -0.2) is 50.9 Å². The van der Waals surface area contributed by atoms with E-state index in [1.54, 1.807) is 18.5 Å². The Morgan fingerprint density at radius 3 is 2.73 bits per heavy atom. The van der Waals surface area contributed by atoms with Crippen molar-refractivity contribution in [2.24, 2.45) is 11.8 Å². The number of benzene rings is 1. The number of carbonyl (C=O) groups excluding carboxylic acids is 4. The molecule has 0 bridgehead atoms. The van der Waals surface area contributed by atoms with Crippen LogP contribution in [0.5, 0.6) is 0 Å². The topological polar surface area (TPSA) is 132 Å². The standard InChI is InChI=1S/C23H29N5O5/c1-15(2)20(27-23(32)33-13-16-7-4-3-5-8-16)18(29)11-17-12-19-25-14-26-28(19)10-6-9-24-22(31)21(17)30/h3-5,7-8,14-15,17,20H,6,9-13H2,1-2H3,(H,24,31)(H,27,32). The second kappa shape index (κ2) is 11.3. The van der Waals surface area contributed by atoms with Gasteiger partial charge in [0.2, 0.25) is 5.78 Å². The first-order chi connectivity index (χ1) is 15.8. The van der Waals surface area contributed by atoms with Crippen molar-refractivity contribution >= 4 is 23.6 Å². The molecular formula is C23H29N5O5. The van der Waals surface area contributed by atoms with Gasteiger partial charge in [-0.15, -0.1) is 0 Å². The van der Waals surface area contributed by atoms with Crippen LogP contribution >= 0.6 is 0 Å². The number of hydrogen-bond donors (Lipinski definition) is 2. The predicted molar refractivity (Wildman–Crippen MR) is 118 cm³/mol. The molecule has 2 aromatic rings. The van der Waals surface area contributed by atoms with Gasteiger partial charge in [-0.2, -0.15) is 5.10 Å². The van der Waals surface area contributed by atoms with Crippen LogP contribution < -0.4 is 10.6 Å². The fourth-order valence-corrected chi connectivity index (χ4v) is 3.69. The molecule has 3 rings (SSSR count). The van der Waals surface area contributed by atoms with Gasteiger partial charge in [-0.25, -0.2) is 9.78 Å². The van der Waals surface area contributed by atoms with Crippen LogP contribution in [0, 0.1) is 11.8 Å². The Hall–Kier alpha value is -3.56. The van der Waals surface area contributed by atoms with E-state index in [2.05, 4.69) is 20.7 Å². The lowest BCUT2D eigenvalue weighted by Gasteiger charge is -2.23. The highest BCUT2D eigenvalue weighted by Gasteiger charge is 2.33. The second-order valence-electron chi connectivity index (χ2n) is 8.37. The Morgan fingerprint density at radius 1 is 1.24 bits per heavy atom. The van der Waals surface area contributed by atoms with E-state index in [1.165, 1.54) is 6.33 Å². The maximum Gasteiger partial charge on any atom is 0.408 e. The number of hydrogen-bond acceptors (Lipinski definition) is 7. The largest absolute Gasteiger partial charge is 0.445 e. The minimum Gasteiger partial charge on any atom is -0.445 e. The molecule has 1 aromatic carbocycles.